The number of rotatable bonds is 6. The molecule has 3 aromatic rings. The molecule has 11 heteroatoms. The van der Waals surface area contributed by atoms with Crippen LogP contribution in [-0.4, -0.2) is 60.3 Å². The average Bonchev–Trinajstić information content (AvgIpc) is 3.57. The van der Waals surface area contributed by atoms with Crippen molar-refractivity contribution < 1.29 is 28.3 Å². The van der Waals surface area contributed by atoms with Crippen LogP contribution in [0.1, 0.15) is 40.9 Å². The van der Waals surface area contributed by atoms with Crippen LogP contribution in [0.4, 0.5) is 5.82 Å². The molecule has 0 spiro atoms. The zero-order valence-corrected chi connectivity index (χ0v) is 20.9. The van der Waals surface area contributed by atoms with Gasteiger partial charge in [-0.05, 0) is 42.7 Å². The highest BCUT2D eigenvalue weighted by molar-refractivity contribution is 6.10. The Bertz CT molecular complexity index is 1500. The lowest BCUT2D eigenvalue weighted by atomic mass is 9.82. The molecule has 6 rings (SSSR count). The Morgan fingerprint density at radius 2 is 2.08 bits per heavy atom. The van der Waals surface area contributed by atoms with Crippen molar-refractivity contribution in [3.05, 3.63) is 53.3 Å². The van der Waals surface area contributed by atoms with Crippen LogP contribution in [0.25, 0.3) is 11.1 Å². The van der Waals surface area contributed by atoms with Crippen molar-refractivity contribution in [2.45, 2.75) is 31.2 Å². The molecule has 11 nitrogen and oxygen atoms in total. The fourth-order valence-corrected chi connectivity index (χ4v) is 5.71. The maximum atomic E-state index is 13.3. The minimum absolute atomic E-state index is 0.0283. The average molecular weight is 518 g/mol. The summed E-state index contributed by atoms with van der Waals surface area (Å²) < 4.78 is 11.4. The number of nitrogens with two attached hydrogens (primary N) is 1. The summed E-state index contributed by atoms with van der Waals surface area (Å²) in [6.45, 7) is 1.51. The van der Waals surface area contributed by atoms with E-state index >= 15 is 0 Å². The highest BCUT2D eigenvalue weighted by Crippen LogP contribution is 2.39. The minimum Gasteiger partial charge on any atom is -0.497 e. The van der Waals surface area contributed by atoms with Crippen molar-refractivity contribution in [3.8, 4) is 5.75 Å². The minimum atomic E-state index is -1.39. The molecule has 38 heavy (non-hydrogen) atoms. The number of amides is 4. The van der Waals surface area contributed by atoms with Crippen molar-refractivity contribution in [3.63, 3.8) is 0 Å². The summed E-state index contributed by atoms with van der Waals surface area (Å²) in [5, 5.41) is 2.39. The molecule has 5 heterocycles. The molecule has 1 unspecified atom stereocenters. The van der Waals surface area contributed by atoms with E-state index in [-0.39, 0.29) is 36.5 Å². The summed E-state index contributed by atoms with van der Waals surface area (Å²) in [6.07, 6.45) is 1.43. The third kappa shape index (κ3) is 3.85. The van der Waals surface area contributed by atoms with Gasteiger partial charge in [0.1, 0.15) is 28.3 Å². The first-order valence-corrected chi connectivity index (χ1v) is 12.5. The van der Waals surface area contributed by atoms with E-state index < -0.39 is 17.2 Å². The molecule has 0 bridgehead atoms. The lowest BCUT2D eigenvalue weighted by Crippen LogP contribution is -2.46. The summed E-state index contributed by atoms with van der Waals surface area (Å²) in [5.41, 5.74) is 6.45. The van der Waals surface area contributed by atoms with Crippen LogP contribution in [0, 0.1) is 5.92 Å². The van der Waals surface area contributed by atoms with E-state index in [9.17, 15) is 19.2 Å². The van der Waals surface area contributed by atoms with Gasteiger partial charge in [-0.25, -0.2) is 4.98 Å². The van der Waals surface area contributed by atoms with Gasteiger partial charge in [-0.1, -0.05) is 6.07 Å². The molecule has 2 saturated heterocycles. The molecule has 0 aliphatic carbocycles. The first-order chi connectivity index (χ1) is 18.3. The van der Waals surface area contributed by atoms with E-state index in [2.05, 4.69) is 5.32 Å². The number of methoxy groups -OCH3 is 1. The zero-order valence-electron chi connectivity index (χ0n) is 20.9. The van der Waals surface area contributed by atoms with Crippen LogP contribution in [0.15, 0.2) is 40.8 Å². The Hall–Kier alpha value is -4.41. The quantitative estimate of drug-likeness (QED) is 0.467. The second kappa shape index (κ2) is 8.86. The monoisotopic (exact) mass is 517 g/mol. The number of carbonyl (C=O) groups is 4. The maximum Gasteiger partial charge on any atom is 0.254 e. The summed E-state index contributed by atoms with van der Waals surface area (Å²) in [7, 11) is 1.53. The molecule has 1 aromatic carbocycles. The number of aromatic nitrogens is 1. The SMILES string of the molecule is COc1ccc2c(c1)C(=O)N(C[C@@]1(c3cc4nc(N5CCCC(C(N)=O)C5)ccc4o3)CC(=O)NC1=O)C2. The normalized spacial score (nSPS) is 23.2. The van der Waals surface area contributed by atoms with Gasteiger partial charge < -0.3 is 24.7 Å². The van der Waals surface area contributed by atoms with E-state index in [1.807, 2.05) is 11.0 Å². The number of imide groups is 1. The van der Waals surface area contributed by atoms with Gasteiger partial charge in [0.05, 0.1) is 19.4 Å². The van der Waals surface area contributed by atoms with Crippen molar-refractivity contribution >= 4 is 40.5 Å². The predicted molar refractivity (Wildman–Crippen MR) is 135 cm³/mol. The number of nitrogens with zero attached hydrogens (tertiary/aromatic N) is 3. The molecular weight excluding hydrogens is 490 g/mol. The highest BCUT2D eigenvalue weighted by atomic mass is 16.5. The molecule has 2 aromatic heterocycles. The van der Waals surface area contributed by atoms with E-state index in [0.717, 1.165) is 24.9 Å². The fraction of sp³-hybridized carbons (Fsp3) is 0.370. The Balaban J connectivity index is 1.33. The van der Waals surface area contributed by atoms with Gasteiger partial charge in [-0.15, -0.1) is 0 Å². The molecule has 2 atom stereocenters. The number of furan rings is 1. The Morgan fingerprint density at radius 1 is 1.24 bits per heavy atom. The predicted octanol–water partition coefficient (Wildman–Crippen LogP) is 1.48. The van der Waals surface area contributed by atoms with Crippen LogP contribution >= 0.6 is 0 Å². The van der Waals surface area contributed by atoms with Gasteiger partial charge in [-0.3, -0.25) is 24.5 Å². The second-order valence-corrected chi connectivity index (χ2v) is 10.2. The Labute approximate surface area is 217 Å². The third-order valence-corrected chi connectivity index (χ3v) is 7.78. The molecule has 196 valence electrons. The summed E-state index contributed by atoms with van der Waals surface area (Å²) in [5.74, 6) is -0.221. The number of ether oxygens (including phenoxy) is 1. The van der Waals surface area contributed by atoms with Crippen LogP contribution in [0.3, 0.4) is 0 Å². The van der Waals surface area contributed by atoms with Gasteiger partial charge >= 0.3 is 0 Å². The lowest BCUT2D eigenvalue weighted by Gasteiger charge is -2.32. The first-order valence-electron chi connectivity index (χ1n) is 12.5. The van der Waals surface area contributed by atoms with Gasteiger partial charge in [-0.2, -0.15) is 0 Å². The summed E-state index contributed by atoms with van der Waals surface area (Å²) in [4.78, 5) is 58.9. The number of hydrogen-bond donors (Lipinski definition) is 2. The second-order valence-electron chi connectivity index (χ2n) is 10.2. The smallest absolute Gasteiger partial charge is 0.254 e. The topological polar surface area (TPSA) is 148 Å². The van der Waals surface area contributed by atoms with Gasteiger partial charge in [0.2, 0.25) is 17.7 Å². The number of pyridine rings is 1. The molecule has 0 radical (unpaired) electrons. The third-order valence-electron chi connectivity index (χ3n) is 7.78. The molecule has 0 saturated carbocycles. The number of anilines is 1. The van der Waals surface area contributed by atoms with Crippen LogP contribution < -0.4 is 20.7 Å². The Kier molecular flexibility index (Phi) is 5.59. The van der Waals surface area contributed by atoms with E-state index in [4.69, 9.17) is 19.9 Å². The van der Waals surface area contributed by atoms with Crippen LogP contribution in [0.5, 0.6) is 5.75 Å². The molecule has 3 aliphatic heterocycles. The Morgan fingerprint density at radius 3 is 2.82 bits per heavy atom. The molecule has 3 aliphatic rings. The van der Waals surface area contributed by atoms with Crippen molar-refractivity contribution in [1.82, 2.24) is 15.2 Å². The van der Waals surface area contributed by atoms with Crippen molar-refractivity contribution in [1.29, 1.82) is 0 Å². The summed E-state index contributed by atoms with van der Waals surface area (Å²) >= 11 is 0. The zero-order chi connectivity index (χ0) is 26.6. The van der Waals surface area contributed by atoms with Gasteiger partial charge in [0.15, 0.2) is 5.58 Å². The van der Waals surface area contributed by atoms with Gasteiger partial charge in [0.25, 0.3) is 5.91 Å². The van der Waals surface area contributed by atoms with E-state index in [0.29, 0.717) is 41.3 Å². The molecular formula is C27H27N5O6. The summed E-state index contributed by atoms with van der Waals surface area (Å²) in [6, 6.07) is 10.5. The van der Waals surface area contributed by atoms with Gasteiger partial charge in [0, 0.05) is 37.8 Å². The van der Waals surface area contributed by atoms with E-state index in [1.165, 1.54) is 7.11 Å². The first kappa shape index (κ1) is 24.0. The maximum absolute atomic E-state index is 13.3. The standard InChI is InChI=1S/C27H27N5O6/c1-37-17-5-4-15-12-32(25(35)18(15)9-17)14-27(11-23(33)30-26(27)36)21-10-19-20(38-21)6-7-22(29-19)31-8-2-3-16(13-31)24(28)34/h4-7,9-10,16H,2-3,8,11-14H2,1H3,(H2,28,34)(H,30,33,36)/t16?,27-/m1/s1. The highest BCUT2D eigenvalue weighted by Gasteiger charge is 2.53. The number of fused-ring (bicyclic) bond motifs is 2. The largest absolute Gasteiger partial charge is 0.497 e. The molecule has 2 fully saturated rings. The number of hydrogen-bond acceptors (Lipinski definition) is 8. The van der Waals surface area contributed by atoms with E-state index in [1.54, 1.807) is 35.2 Å². The van der Waals surface area contributed by atoms with Crippen molar-refractivity contribution in [2.24, 2.45) is 11.7 Å². The number of primary amides is 1. The lowest BCUT2D eigenvalue weighted by molar-refractivity contribution is -0.127. The number of nitrogens with one attached hydrogen (secondary N) is 1. The number of benzene rings is 1. The van der Waals surface area contributed by atoms with Crippen LogP contribution in [0.2, 0.25) is 0 Å². The molecule has 4 amide bonds. The number of carbonyl (C=O) groups excluding carboxylic acids is 4. The fourth-order valence-electron chi connectivity index (χ4n) is 5.71. The molecule has 3 N–H and O–H groups in total. The van der Waals surface area contributed by atoms with Crippen molar-refractivity contribution in [2.75, 3.05) is 31.6 Å². The number of piperidine rings is 1. The van der Waals surface area contributed by atoms with Crippen LogP contribution in [-0.2, 0) is 26.3 Å².